The molecule has 7 nitrogen and oxygen atoms in total. The van der Waals surface area contributed by atoms with E-state index in [2.05, 4.69) is 15.7 Å². The Hall–Kier alpha value is -2.41. The van der Waals surface area contributed by atoms with Crippen molar-refractivity contribution in [2.45, 2.75) is 0 Å². The van der Waals surface area contributed by atoms with E-state index < -0.39 is 5.97 Å². The molecule has 1 rings (SSSR count). The van der Waals surface area contributed by atoms with E-state index in [0.29, 0.717) is 0 Å². The highest BCUT2D eigenvalue weighted by atomic mass is 16.4. The number of hydrogen-bond donors (Lipinski definition) is 4. The molecule has 5 N–H and O–H groups in total. The van der Waals surface area contributed by atoms with Crippen LogP contribution in [0.5, 0.6) is 0 Å². The molecule has 1 amide bonds. The van der Waals surface area contributed by atoms with Crippen LogP contribution < -0.4 is 16.6 Å². The molecule has 0 spiro atoms. The summed E-state index contributed by atoms with van der Waals surface area (Å²) in [6.07, 6.45) is 1.16. The van der Waals surface area contributed by atoms with Crippen LogP contribution in [-0.2, 0) is 0 Å². The molecule has 90 valence electrons. The minimum atomic E-state index is -1.09. The SMILES string of the molecule is CNC(=O)c1ccc(C(=O)O)cc1N=CNN. The van der Waals surface area contributed by atoms with Gasteiger partial charge in [0.2, 0.25) is 0 Å². The summed E-state index contributed by atoms with van der Waals surface area (Å²) in [7, 11) is 1.47. The number of carboxylic acid groups (broad SMARTS) is 1. The van der Waals surface area contributed by atoms with E-state index >= 15 is 0 Å². The van der Waals surface area contributed by atoms with Gasteiger partial charge in [-0.1, -0.05) is 0 Å². The molecule has 0 aromatic heterocycles. The standard InChI is InChI=1S/C10H12N4O3/c1-12-9(15)7-3-2-6(10(16)17)4-8(7)13-5-14-11/h2-5H,11H2,1H3,(H,12,15)(H,13,14)(H,16,17). The van der Waals surface area contributed by atoms with Gasteiger partial charge in [-0.05, 0) is 18.2 Å². The predicted molar refractivity (Wildman–Crippen MR) is 62.3 cm³/mol. The van der Waals surface area contributed by atoms with Gasteiger partial charge < -0.3 is 15.8 Å². The van der Waals surface area contributed by atoms with Crippen LogP contribution in [0.25, 0.3) is 0 Å². The van der Waals surface area contributed by atoms with Gasteiger partial charge >= 0.3 is 5.97 Å². The number of hydrogen-bond acceptors (Lipinski definition) is 4. The number of nitrogens with zero attached hydrogens (tertiary/aromatic N) is 1. The van der Waals surface area contributed by atoms with E-state index in [1.54, 1.807) is 0 Å². The van der Waals surface area contributed by atoms with E-state index in [4.69, 9.17) is 10.9 Å². The van der Waals surface area contributed by atoms with Crippen molar-refractivity contribution in [3.05, 3.63) is 29.3 Å². The second-order valence-corrected chi connectivity index (χ2v) is 3.04. The quantitative estimate of drug-likeness (QED) is 0.251. The van der Waals surface area contributed by atoms with E-state index in [-0.39, 0.29) is 22.7 Å². The first-order valence-corrected chi connectivity index (χ1v) is 4.68. The van der Waals surface area contributed by atoms with Crippen molar-refractivity contribution < 1.29 is 14.7 Å². The molecular formula is C10H12N4O3. The molecule has 0 heterocycles. The summed E-state index contributed by atoms with van der Waals surface area (Å²) in [5.74, 6) is 3.57. The number of carboxylic acids is 1. The molecule has 0 aliphatic rings. The number of carbonyl (C=O) groups excluding carboxylic acids is 1. The van der Waals surface area contributed by atoms with Crippen molar-refractivity contribution in [3.63, 3.8) is 0 Å². The second kappa shape index (κ2) is 5.61. The molecule has 0 saturated carbocycles. The second-order valence-electron chi connectivity index (χ2n) is 3.04. The number of aliphatic imine (C=N–C) groups is 1. The topological polar surface area (TPSA) is 117 Å². The highest BCUT2D eigenvalue weighted by molar-refractivity contribution is 6.01. The Morgan fingerprint density at radius 3 is 2.71 bits per heavy atom. The average molecular weight is 236 g/mol. The Bertz CT molecular complexity index is 471. The minimum absolute atomic E-state index is 0.0434. The summed E-state index contributed by atoms with van der Waals surface area (Å²) < 4.78 is 0. The summed E-state index contributed by atoms with van der Waals surface area (Å²) in [5, 5.41) is 11.3. The summed E-state index contributed by atoms with van der Waals surface area (Å²) in [6, 6.07) is 4.02. The van der Waals surface area contributed by atoms with Crippen LogP contribution in [0.2, 0.25) is 0 Å². The van der Waals surface area contributed by atoms with Gasteiger partial charge in [0, 0.05) is 7.05 Å². The molecule has 0 aliphatic heterocycles. The van der Waals surface area contributed by atoms with E-state index in [1.807, 2.05) is 0 Å². The van der Waals surface area contributed by atoms with Crippen molar-refractivity contribution in [1.29, 1.82) is 0 Å². The largest absolute Gasteiger partial charge is 0.478 e. The van der Waals surface area contributed by atoms with Crippen molar-refractivity contribution in [1.82, 2.24) is 10.7 Å². The first kappa shape index (κ1) is 12.7. The average Bonchev–Trinajstić information content (AvgIpc) is 2.34. The third-order valence-electron chi connectivity index (χ3n) is 1.99. The highest BCUT2D eigenvalue weighted by Gasteiger charge is 2.12. The molecule has 0 bridgehead atoms. The number of nitrogens with two attached hydrogens (primary N) is 1. The van der Waals surface area contributed by atoms with Gasteiger partial charge in [0.15, 0.2) is 0 Å². The van der Waals surface area contributed by atoms with Gasteiger partial charge in [-0.25, -0.2) is 15.6 Å². The lowest BCUT2D eigenvalue weighted by atomic mass is 10.1. The molecule has 1 aromatic rings. The Kier molecular flexibility index (Phi) is 4.18. The van der Waals surface area contributed by atoms with Crippen molar-refractivity contribution in [2.75, 3.05) is 7.05 Å². The van der Waals surface area contributed by atoms with Crippen LogP contribution in [0.3, 0.4) is 0 Å². The molecule has 17 heavy (non-hydrogen) atoms. The molecule has 0 unspecified atom stereocenters. The van der Waals surface area contributed by atoms with Crippen LogP contribution in [0.15, 0.2) is 23.2 Å². The molecular weight excluding hydrogens is 224 g/mol. The van der Waals surface area contributed by atoms with Crippen LogP contribution in [0.4, 0.5) is 5.69 Å². The maximum absolute atomic E-state index is 11.5. The number of rotatable bonds is 4. The van der Waals surface area contributed by atoms with E-state index in [1.165, 1.54) is 25.2 Å². The number of nitrogens with one attached hydrogen (secondary N) is 2. The Morgan fingerprint density at radius 1 is 1.47 bits per heavy atom. The van der Waals surface area contributed by atoms with E-state index in [9.17, 15) is 9.59 Å². The fourth-order valence-corrected chi connectivity index (χ4v) is 1.20. The molecule has 0 fully saturated rings. The predicted octanol–water partition coefficient (Wildman–Crippen LogP) is -0.132. The lowest BCUT2D eigenvalue weighted by Crippen LogP contribution is -2.20. The van der Waals surface area contributed by atoms with Crippen molar-refractivity contribution in [3.8, 4) is 0 Å². The lowest BCUT2D eigenvalue weighted by molar-refractivity contribution is 0.0696. The van der Waals surface area contributed by atoms with Gasteiger partial charge in [0.1, 0.15) is 6.34 Å². The summed E-state index contributed by atoms with van der Waals surface area (Å²) in [6.45, 7) is 0. The van der Waals surface area contributed by atoms with Gasteiger partial charge in [0.05, 0.1) is 16.8 Å². The maximum Gasteiger partial charge on any atom is 0.335 e. The lowest BCUT2D eigenvalue weighted by Gasteiger charge is -2.05. The van der Waals surface area contributed by atoms with Crippen LogP contribution in [-0.4, -0.2) is 30.4 Å². The Balaban J connectivity index is 3.25. The molecule has 0 radical (unpaired) electrons. The van der Waals surface area contributed by atoms with Crippen LogP contribution in [0, 0.1) is 0 Å². The van der Waals surface area contributed by atoms with Gasteiger partial charge in [0.25, 0.3) is 5.91 Å². The Morgan fingerprint density at radius 2 is 2.18 bits per heavy atom. The number of benzene rings is 1. The van der Waals surface area contributed by atoms with Crippen molar-refractivity contribution >= 4 is 23.9 Å². The number of aromatic carboxylic acids is 1. The zero-order chi connectivity index (χ0) is 12.8. The molecule has 0 atom stereocenters. The number of amides is 1. The number of carbonyl (C=O) groups is 2. The minimum Gasteiger partial charge on any atom is -0.478 e. The fraction of sp³-hybridized carbons (Fsp3) is 0.100. The van der Waals surface area contributed by atoms with E-state index in [0.717, 1.165) is 6.34 Å². The van der Waals surface area contributed by atoms with Gasteiger partial charge in [-0.2, -0.15) is 0 Å². The van der Waals surface area contributed by atoms with Gasteiger partial charge in [-0.3, -0.25) is 4.79 Å². The summed E-state index contributed by atoms with van der Waals surface area (Å²) >= 11 is 0. The zero-order valence-corrected chi connectivity index (χ0v) is 9.10. The fourth-order valence-electron chi connectivity index (χ4n) is 1.20. The third kappa shape index (κ3) is 3.02. The molecule has 1 aromatic carbocycles. The van der Waals surface area contributed by atoms with Gasteiger partial charge in [-0.15, -0.1) is 0 Å². The third-order valence-corrected chi connectivity index (χ3v) is 1.99. The van der Waals surface area contributed by atoms with Crippen molar-refractivity contribution in [2.24, 2.45) is 10.8 Å². The first-order chi connectivity index (χ1) is 8.10. The monoisotopic (exact) mass is 236 g/mol. The maximum atomic E-state index is 11.5. The first-order valence-electron chi connectivity index (χ1n) is 4.68. The molecule has 0 aliphatic carbocycles. The Labute approximate surface area is 97.3 Å². The highest BCUT2D eigenvalue weighted by Crippen LogP contribution is 2.20. The van der Waals surface area contributed by atoms with Crippen LogP contribution in [0.1, 0.15) is 20.7 Å². The summed E-state index contributed by atoms with van der Waals surface area (Å²) in [5.41, 5.74) is 2.71. The summed E-state index contributed by atoms with van der Waals surface area (Å²) in [4.78, 5) is 26.1. The van der Waals surface area contributed by atoms with Crippen LogP contribution >= 0.6 is 0 Å². The zero-order valence-electron chi connectivity index (χ0n) is 9.10. The normalized spacial score (nSPS) is 10.2. The molecule has 0 saturated heterocycles. The number of hydrazine groups is 1. The molecule has 7 heteroatoms. The smallest absolute Gasteiger partial charge is 0.335 e.